The quantitative estimate of drug-likeness (QED) is 0.181. The van der Waals surface area contributed by atoms with Crippen molar-refractivity contribution in [3.63, 3.8) is 0 Å². The van der Waals surface area contributed by atoms with E-state index in [0.717, 1.165) is 8.47 Å². The van der Waals surface area contributed by atoms with Gasteiger partial charge >= 0.3 is 5.97 Å². The number of carbonyl (C=O) groups is 5. The average Bonchev–Trinajstić information content (AvgIpc) is 2.96. The van der Waals surface area contributed by atoms with E-state index in [0.29, 0.717) is 17.3 Å². The number of halogens is 1. The number of nitrogens with two attached hydrogens (primary N) is 1. The molecule has 2 atom stereocenters. The Hall–Kier alpha value is -1.64. The van der Waals surface area contributed by atoms with Crippen molar-refractivity contribution in [1.82, 2.24) is 10.2 Å². The normalized spacial score (nSPS) is 17.2. The highest BCUT2D eigenvalue weighted by Gasteiger charge is 2.41. The lowest BCUT2D eigenvalue weighted by Gasteiger charge is -2.15. The van der Waals surface area contributed by atoms with Gasteiger partial charge in [-0.1, -0.05) is 17.8 Å². The molecule has 29 heavy (non-hydrogen) atoms. The molecule has 3 N–H and O–H groups in total. The number of hydrogen-bond donors (Lipinski definition) is 3. The molecule has 1 aromatic rings. The van der Waals surface area contributed by atoms with Gasteiger partial charge in [0.05, 0.1) is 6.04 Å². The van der Waals surface area contributed by atoms with Crippen LogP contribution >= 0.6 is 47.0 Å². The van der Waals surface area contributed by atoms with Gasteiger partial charge in [-0.05, 0) is 40.8 Å². The van der Waals surface area contributed by atoms with E-state index in [1.54, 1.807) is 18.2 Å². The fraction of sp³-hybridized carbons (Fsp3) is 0.353. The Balaban J connectivity index is 1.80. The number of hydrogen-bond acceptors (Lipinski definition) is 9. The molecule has 0 aliphatic carbocycles. The van der Waals surface area contributed by atoms with E-state index < -0.39 is 53.4 Å². The lowest BCUT2D eigenvalue weighted by molar-refractivity contribution is -0.154. The van der Waals surface area contributed by atoms with Gasteiger partial charge in [-0.3, -0.25) is 24.0 Å². The van der Waals surface area contributed by atoms with Crippen LogP contribution in [0.25, 0.3) is 0 Å². The molecule has 0 spiro atoms. The Morgan fingerprint density at radius 2 is 2.10 bits per heavy atom. The summed E-state index contributed by atoms with van der Waals surface area (Å²) in [6.45, 7) is -1.01. The minimum atomic E-state index is -0.903. The third-order valence-corrected chi connectivity index (χ3v) is 6.05. The van der Waals surface area contributed by atoms with Crippen LogP contribution in [0.5, 0.6) is 0 Å². The number of nitrogens with zero attached hydrogens (tertiary/aromatic N) is 1. The van der Waals surface area contributed by atoms with Gasteiger partial charge in [-0.25, -0.2) is 4.90 Å². The second-order valence-corrected chi connectivity index (χ2v) is 8.74. The highest BCUT2D eigenvalue weighted by molar-refractivity contribution is 14.1. The van der Waals surface area contributed by atoms with E-state index in [1.807, 2.05) is 6.07 Å². The molecule has 9 nitrogen and oxygen atoms in total. The zero-order valence-electron chi connectivity index (χ0n) is 15.0. The molecule has 1 aromatic carbocycles. The van der Waals surface area contributed by atoms with Gasteiger partial charge in [0, 0.05) is 21.3 Å². The Bertz CT molecular complexity index is 837. The van der Waals surface area contributed by atoms with E-state index in [2.05, 4.69) is 40.5 Å². The molecule has 156 valence electrons. The molecule has 2 rings (SSSR count). The van der Waals surface area contributed by atoms with Gasteiger partial charge in [0.15, 0.2) is 6.73 Å². The summed E-state index contributed by atoms with van der Waals surface area (Å²) in [5.41, 5.74) is 5.94. The predicted octanol–water partition coefficient (Wildman–Crippen LogP) is 0.166. The zero-order valence-corrected chi connectivity index (χ0v) is 18.9. The van der Waals surface area contributed by atoms with Crippen LogP contribution < -0.4 is 11.1 Å². The van der Waals surface area contributed by atoms with E-state index in [4.69, 9.17) is 10.5 Å². The second-order valence-electron chi connectivity index (χ2n) is 5.92. The molecule has 1 heterocycles. The van der Waals surface area contributed by atoms with Crippen LogP contribution in [0.4, 0.5) is 0 Å². The molecular formula is C17H18IN3O6S2. The maximum Gasteiger partial charge on any atom is 0.327 e. The summed E-state index contributed by atoms with van der Waals surface area (Å²) in [6.07, 6.45) is -0.185. The van der Waals surface area contributed by atoms with Crippen molar-refractivity contribution in [3.05, 3.63) is 33.4 Å². The Labute approximate surface area is 190 Å². The first-order chi connectivity index (χ1) is 13.7. The number of nitrogens with one attached hydrogen (secondary N) is 1. The van der Waals surface area contributed by atoms with Crippen molar-refractivity contribution >= 4 is 75.8 Å². The summed E-state index contributed by atoms with van der Waals surface area (Å²) < 4.78 is 5.76. The van der Waals surface area contributed by atoms with E-state index in [-0.39, 0.29) is 12.2 Å². The number of carbonyl (C=O) groups excluding carboxylic acids is 5. The Morgan fingerprint density at radius 3 is 2.76 bits per heavy atom. The van der Waals surface area contributed by atoms with E-state index in [9.17, 15) is 24.0 Å². The summed E-state index contributed by atoms with van der Waals surface area (Å²) in [6, 6.07) is 5.95. The fourth-order valence-electron chi connectivity index (χ4n) is 2.25. The Morgan fingerprint density at radius 1 is 1.38 bits per heavy atom. The molecule has 0 bridgehead atoms. The van der Waals surface area contributed by atoms with Crippen molar-refractivity contribution in [1.29, 1.82) is 0 Å². The molecule has 1 unspecified atom stereocenters. The van der Waals surface area contributed by atoms with Crippen molar-refractivity contribution in [2.75, 3.05) is 19.0 Å². The Kier molecular flexibility index (Phi) is 8.92. The van der Waals surface area contributed by atoms with Crippen molar-refractivity contribution in [3.8, 4) is 0 Å². The fourth-order valence-corrected chi connectivity index (χ4v) is 4.08. The highest BCUT2D eigenvalue weighted by atomic mass is 125. The molecule has 3 amide bonds. The maximum absolute atomic E-state index is 12.3. The van der Waals surface area contributed by atoms with Crippen LogP contribution in [0.3, 0.4) is 0 Å². The summed E-state index contributed by atoms with van der Waals surface area (Å²) >= 11 is 6.66. The van der Waals surface area contributed by atoms with Crippen LogP contribution in [0.15, 0.2) is 24.3 Å². The smallest absolute Gasteiger partial charge is 0.327 e. The number of imide groups is 1. The summed E-state index contributed by atoms with van der Waals surface area (Å²) in [7, 11) is 0. The van der Waals surface area contributed by atoms with Gasteiger partial charge < -0.3 is 15.8 Å². The van der Waals surface area contributed by atoms with E-state index in [1.165, 1.54) is 0 Å². The number of thiol groups is 1. The van der Waals surface area contributed by atoms with Crippen LogP contribution in [-0.2, 0) is 23.9 Å². The van der Waals surface area contributed by atoms with Gasteiger partial charge in [-0.15, -0.1) is 0 Å². The monoisotopic (exact) mass is 549 g/mol. The minimum absolute atomic E-state index is 0.121. The molecule has 1 aliphatic heterocycles. The van der Waals surface area contributed by atoms with Gasteiger partial charge in [0.25, 0.3) is 5.91 Å². The third-order valence-electron chi connectivity index (χ3n) is 3.80. The number of esters is 1. The molecule has 0 saturated carbocycles. The predicted molar refractivity (Wildman–Crippen MR) is 117 cm³/mol. The number of rotatable bonds is 8. The first-order valence-electron chi connectivity index (χ1n) is 8.33. The number of thioether (sulfide) groups is 1. The molecule has 0 radical (unpaired) electrons. The maximum atomic E-state index is 12.3. The van der Waals surface area contributed by atoms with Crippen molar-refractivity contribution < 1.29 is 28.7 Å². The van der Waals surface area contributed by atoms with Crippen molar-refractivity contribution in [2.24, 2.45) is 5.73 Å². The number of benzene rings is 1. The minimum Gasteiger partial charge on any atom is -0.442 e. The number of amides is 3. The molecule has 1 aliphatic rings. The standard InChI is InChI=1S/C17H18IN3O6S2/c18-10-3-1-2-9(4-10)15(24)20-6-14(23)27-8-21-13(22)5-12(16(21)25)29-17(26)11(19)7-28/h1-4,11-12,28H,5-8,19H2,(H,20,24)/t11-,12?/m0/s1/i18-2. The lowest BCUT2D eigenvalue weighted by Crippen LogP contribution is -2.38. The molecule has 12 heteroatoms. The van der Waals surface area contributed by atoms with E-state index >= 15 is 0 Å². The van der Waals surface area contributed by atoms with Crippen molar-refractivity contribution in [2.45, 2.75) is 17.7 Å². The van der Waals surface area contributed by atoms with Crippen LogP contribution in [0.1, 0.15) is 16.8 Å². The summed E-state index contributed by atoms with van der Waals surface area (Å²) in [5.74, 6) is -2.33. The van der Waals surface area contributed by atoms with Gasteiger partial charge in [0.1, 0.15) is 11.8 Å². The number of ether oxygens (including phenoxy) is 1. The number of likely N-dealkylation sites (tertiary alicyclic amines) is 1. The van der Waals surface area contributed by atoms with Gasteiger partial charge in [-0.2, -0.15) is 12.6 Å². The first kappa shape index (κ1) is 23.6. The SMILES string of the molecule is N[C@@H](CS)C(=O)SC1CC(=O)N(COC(=O)CNC(=O)c2cccc([125I])c2)C1=O. The summed E-state index contributed by atoms with van der Waals surface area (Å²) in [4.78, 5) is 60.7. The largest absolute Gasteiger partial charge is 0.442 e. The van der Waals surface area contributed by atoms with Crippen LogP contribution in [0.2, 0.25) is 0 Å². The first-order valence-corrected chi connectivity index (χ1v) is 10.9. The topological polar surface area (TPSA) is 136 Å². The molecule has 1 saturated heterocycles. The molecular weight excluding hydrogens is 531 g/mol. The van der Waals surface area contributed by atoms with Gasteiger partial charge in [0.2, 0.25) is 16.9 Å². The third kappa shape index (κ3) is 6.69. The van der Waals surface area contributed by atoms with Crippen LogP contribution in [0, 0.1) is 3.57 Å². The molecule has 0 aromatic heterocycles. The second kappa shape index (κ2) is 10.9. The highest BCUT2D eigenvalue weighted by Crippen LogP contribution is 2.26. The lowest BCUT2D eigenvalue weighted by atomic mass is 10.2. The van der Waals surface area contributed by atoms with Crippen LogP contribution in [-0.4, -0.2) is 64.0 Å². The zero-order chi connectivity index (χ0) is 21.6. The average molecular weight is 549 g/mol. The summed E-state index contributed by atoms with van der Waals surface area (Å²) in [5, 5.41) is 1.06. The molecule has 1 fully saturated rings.